The van der Waals surface area contributed by atoms with Crippen LogP contribution in [0.4, 0.5) is 11.5 Å². The van der Waals surface area contributed by atoms with Crippen LogP contribution in [0.5, 0.6) is 5.75 Å². The second-order valence-electron chi connectivity index (χ2n) is 7.70. The Morgan fingerprint density at radius 2 is 1.89 bits per heavy atom. The largest absolute Gasteiger partial charge is 0.495 e. The molecule has 0 bridgehead atoms. The number of rotatable bonds is 6. The third kappa shape index (κ3) is 3.95. The topological polar surface area (TPSA) is 31.8 Å². The Balaban J connectivity index is 1.39. The zero-order valence-electron chi connectivity index (χ0n) is 17.2. The zero-order valence-corrected chi connectivity index (χ0v) is 17.2. The Bertz CT molecular complexity index is 772. The van der Waals surface area contributed by atoms with E-state index in [1.54, 1.807) is 7.11 Å². The van der Waals surface area contributed by atoms with Crippen LogP contribution in [0.2, 0.25) is 0 Å². The number of methoxy groups -OCH3 is 1. The fourth-order valence-corrected chi connectivity index (χ4v) is 4.58. The molecule has 4 rings (SSSR count). The molecular formula is C23H32N4O. The molecule has 0 saturated carbocycles. The molecule has 1 fully saturated rings. The van der Waals surface area contributed by atoms with E-state index in [1.165, 1.54) is 29.7 Å². The Hall–Kier alpha value is -2.27. The summed E-state index contributed by atoms with van der Waals surface area (Å²) in [7, 11) is 1.79. The van der Waals surface area contributed by atoms with E-state index in [-0.39, 0.29) is 0 Å². The van der Waals surface area contributed by atoms with Gasteiger partial charge in [0.1, 0.15) is 11.6 Å². The summed E-state index contributed by atoms with van der Waals surface area (Å²) in [6.07, 6.45) is 5.41. The fraction of sp³-hybridized carbons (Fsp3) is 0.522. The van der Waals surface area contributed by atoms with Crippen molar-refractivity contribution in [3.05, 3.63) is 47.7 Å². The van der Waals surface area contributed by atoms with Crippen molar-refractivity contribution in [2.75, 3.05) is 62.7 Å². The van der Waals surface area contributed by atoms with Crippen molar-refractivity contribution in [1.29, 1.82) is 0 Å². The Morgan fingerprint density at radius 3 is 2.61 bits per heavy atom. The summed E-state index contributed by atoms with van der Waals surface area (Å²) in [6, 6.07) is 10.6. The van der Waals surface area contributed by atoms with Crippen molar-refractivity contribution >= 4 is 11.5 Å². The van der Waals surface area contributed by atoms with Gasteiger partial charge in [0, 0.05) is 52.0 Å². The maximum absolute atomic E-state index is 5.68. The first-order chi connectivity index (χ1) is 13.8. The Kier molecular flexibility index (Phi) is 6.01. The van der Waals surface area contributed by atoms with Crippen molar-refractivity contribution in [2.45, 2.75) is 26.2 Å². The smallest absolute Gasteiger partial charge is 0.142 e. The number of hydrogen-bond acceptors (Lipinski definition) is 5. The van der Waals surface area contributed by atoms with Gasteiger partial charge in [0.2, 0.25) is 0 Å². The van der Waals surface area contributed by atoms with E-state index in [0.717, 1.165) is 63.8 Å². The molecule has 2 aliphatic rings. The number of anilines is 2. The molecule has 1 saturated heterocycles. The third-order valence-electron chi connectivity index (χ3n) is 6.16. The molecule has 0 spiro atoms. The maximum atomic E-state index is 5.68. The van der Waals surface area contributed by atoms with E-state index in [4.69, 9.17) is 4.74 Å². The van der Waals surface area contributed by atoms with Gasteiger partial charge in [0.25, 0.3) is 0 Å². The fourth-order valence-electron chi connectivity index (χ4n) is 4.58. The Labute approximate surface area is 168 Å². The van der Waals surface area contributed by atoms with E-state index < -0.39 is 0 Å². The molecule has 1 aromatic carbocycles. The van der Waals surface area contributed by atoms with E-state index in [2.05, 4.69) is 50.9 Å². The molecule has 1 aromatic heterocycles. The molecule has 5 nitrogen and oxygen atoms in total. The molecule has 28 heavy (non-hydrogen) atoms. The van der Waals surface area contributed by atoms with Gasteiger partial charge in [-0.3, -0.25) is 4.90 Å². The summed E-state index contributed by atoms with van der Waals surface area (Å²) in [4.78, 5) is 12.0. The summed E-state index contributed by atoms with van der Waals surface area (Å²) in [5, 5.41) is 0. The zero-order chi connectivity index (χ0) is 19.3. The van der Waals surface area contributed by atoms with Crippen molar-refractivity contribution in [3.8, 4) is 5.75 Å². The highest BCUT2D eigenvalue weighted by atomic mass is 16.5. The van der Waals surface area contributed by atoms with Gasteiger partial charge >= 0.3 is 0 Å². The molecular weight excluding hydrogens is 348 g/mol. The molecule has 0 aliphatic carbocycles. The molecule has 0 N–H and O–H groups in total. The molecule has 0 unspecified atom stereocenters. The molecule has 0 atom stereocenters. The minimum Gasteiger partial charge on any atom is -0.495 e. The molecule has 5 heteroatoms. The molecule has 0 radical (unpaired) electrons. The van der Waals surface area contributed by atoms with Gasteiger partial charge in [-0.15, -0.1) is 0 Å². The van der Waals surface area contributed by atoms with Crippen molar-refractivity contribution in [3.63, 3.8) is 0 Å². The SMILES string of the molecule is CCN1CCCc2c(CCN3CCN(c4ccccn4)CC3)ccc(OC)c21. The summed E-state index contributed by atoms with van der Waals surface area (Å²) in [6.45, 7) is 9.87. The third-order valence-corrected chi connectivity index (χ3v) is 6.16. The highest BCUT2D eigenvalue weighted by Crippen LogP contribution is 2.38. The standard InChI is InChI=1S/C23H32N4O/c1-3-26-13-6-7-20-19(9-10-21(28-2)23(20)26)11-14-25-15-17-27(18-16-25)22-8-4-5-12-24-22/h4-5,8-10,12H,3,6-7,11,13-18H2,1-2H3. The average molecular weight is 381 g/mol. The first kappa shape index (κ1) is 19.1. The number of piperazine rings is 1. The first-order valence-electron chi connectivity index (χ1n) is 10.6. The lowest BCUT2D eigenvalue weighted by Gasteiger charge is -2.36. The lowest BCUT2D eigenvalue weighted by molar-refractivity contribution is 0.260. The average Bonchev–Trinajstić information content (AvgIpc) is 2.78. The number of pyridine rings is 1. The number of nitrogens with zero attached hydrogens (tertiary/aromatic N) is 4. The Morgan fingerprint density at radius 1 is 1.04 bits per heavy atom. The highest BCUT2D eigenvalue weighted by Gasteiger charge is 2.23. The predicted octanol–water partition coefficient (Wildman–Crippen LogP) is 3.23. The van der Waals surface area contributed by atoms with Crippen LogP contribution >= 0.6 is 0 Å². The summed E-state index contributed by atoms with van der Waals surface area (Å²) in [5.74, 6) is 2.13. The molecule has 150 valence electrons. The van der Waals surface area contributed by atoms with Gasteiger partial charge in [0.15, 0.2) is 0 Å². The van der Waals surface area contributed by atoms with Gasteiger partial charge in [-0.1, -0.05) is 12.1 Å². The van der Waals surface area contributed by atoms with E-state index in [0.29, 0.717) is 0 Å². The van der Waals surface area contributed by atoms with Crippen LogP contribution in [0, 0.1) is 0 Å². The predicted molar refractivity (Wildman–Crippen MR) is 116 cm³/mol. The molecule has 2 aliphatic heterocycles. The van der Waals surface area contributed by atoms with Crippen LogP contribution in [0.15, 0.2) is 36.5 Å². The van der Waals surface area contributed by atoms with Gasteiger partial charge in [-0.25, -0.2) is 4.98 Å². The monoisotopic (exact) mass is 380 g/mol. The van der Waals surface area contributed by atoms with E-state index >= 15 is 0 Å². The normalized spacial score (nSPS) is 17.5. The lowest BCUT2D eigenvalue weighted by Crippen LogP contribution is -2.47. The van der Waals surface area contributed by atoms with Gasteiger partial charge in [0.05, 0.1) is 12.8 Å². The van der Waals surface area contributed by atoms with Crippen LogP contribution < -0.4 is 14.5 Å². The number of benzene rings is 1. The van der Waals surface area contributed by atoms with Crippen LogP contribution in [0.25, 0.3) is 0 Å². The van der Waals surface area contributed by atoms with Gasteiger partial charge in [-0.05, 0) is 55.5 Å². The van der Waals surface area contributed by atoms with Crippen molar-refractivity contribution in [2.24, 2.45) is 0 Å². The highest BCUT2D eigenvalue weighted by molar-refractivity contribution is 5.67. The van der Waals surface area contributed by atoms with Gasteiger partial charge in [-0.2, -0.15) is 0 Å². The van der Waals surface area contributed by atoms with E-state index in [9.17, 15) is 0 Å². The second kappa shape index (κ2) is 8.82. The van der Waals surface area contributed by atoms with Crippen LogP contribution in [-0.4, -0.2) is 62.8 Å². The minimum absolute atomic E-state index is 1.03. The van der Waals surface area contributed by atoms with Crippen molar-refractivity contribution < 1.29 is 4.74 Å². The maximum Gasteiger partial charge on any atom is 0.142 e. The van der Waals surface area contributed by atoms with Crippen LogP contribution in [0.3, 0.4) is 0 Å². The number of hydrogen-bond donors (Lipinski definition) is 0. The number of aromatic nitrogens is 1. The molecule has 3 heterocycles. The lowest BCUT2D eigenvalue weighted by atomic mass is 9.93. The molecule has 2 aromatic rings. The first-order valence-corrected chi connectivity index (χ1v) is 10.6. The van der Waals surface area contributed by atoms with Crippen molar-refractivity contribution in [1.82, 2.24) is 9.88 Å². The van der Waals surface area contributed by atoms with Crippen LogP contribution in [0.1, 0.15) is 24.5 Å². The van der Waals surface area contributed by atoms with Gasteiger partial charge < -0.3 is 14.5 Å². The summed E-state index contributed by atoms with van der Waals surface area (Å²) < 4.78 is 5.68. The van der Waals surface area contributed by atoms with Crippen LogP contribution in [-0.2, 0) is 12.8 Å². The minimum atomic E-state index is 1.03. The second-order valence-corrected chi connectivity index (χ2v) is 7.70. The summed E-state index contributed by atoms with van der Waals surface area (Å²) in [5.41, 5.74) is 4.36. The number of fused-ring (bicyclic) bond motifs is 1. The quantitative estimate of drug-likeness (QED) is 0.768. The number of ether oxygens (including phenoxy) is 1. The molecule has 0 amide bonds. The summed E-state index contributed by atoms with van der Waals surface area (Å²) >= 11 is 0. The van der Waals surface area contributed by atoms with E-state index in [1.807, 2.05) is 12.3 Å².